The zero-order valence-electron chi connectivity index (χ0n) is 32.5. The number of nitrogens with zero attached hydrogens (tertiary/aromatic N) is 5. The molecular formula is C52H41N5. The minimum absolute atomic E-state index is 0.0524. The van der Waals surface area contributed by atoms with E-state index >= 15 is 0 Å². The molecule has 5 heteroatoms. The Hall–Kier alpha value is -6.85. The van der Waals surface area contributed by atoms with Crippen LogP contribution in [-0.2, 0) is 10.8 Å². The third-order valence-corrected chi connectivity index (χ3v) is 12.1. The summed E-state index contributed by atoms with van der Waals surface area (Å²) < 4.78 is 4.86. The van der Waals surface area contributed by atoms with Gasteiger partial charge in [-0.15, -0.1) is 0 Å². The molecule has 0 atom stereocenters. The van der Waals surface area contributed by atoms with Gasteiger partial charge in [-0.2, -0.15) is 0 Å². The van der Waals surface area contributed by atoms with Crippen molar-refractivity contribution < 1.29 is 0 Å². The van der Waals surface area contributed by atoms with Crippen molar-refractivity contribution in [3.63, 3.8) is 0 Å². The van der Waals surface area contributed by atoms with Gasteiger partial charge in [0.1, 0.15) is 0 Å². The summed E-state index contributed by atoms with van der Waals surface area (Å²) in [5.74, 6) is 1.90. The maximum Gasteiger partial charge on any atom is 0.164 e. The smallest absolute Gasteiger partial charge is 0.164 e. The molecule has 0 aliphatic heterocycles. The topological polar surface area (TPSA) is 48.5 Å². The van der Waals surface area contributed by atoms with Crippen molar-refractivity contribution in [1.82, 2.24) is 24.1 Å². The third kappa shape index (κ3) is 5.26. The van der Waals surface area contributed by atoms with Gasteiger partial charge in [-0.25, -0.2) is 15.0 Å². The van der Waals surface area contributed by atoms with E-state index in [0.29, 0.717) is 17.5 Å². The number of rotatable bonds is 5. The first-order chi connectivity index (χ1) is 27.7. The largest absolute Gasteiger partial charge is 0.309 e. The molecule has 0 radical (unpaired) electrons. The molecule has 0 saturated heterocycles. The molecule has 0 amide bonds. The maximum atomic E-state index is 5.24. The Morgan fingerprint density at radius 1 is 0.368 bits per heavy atom. The van der Waals surface area contributed by atoms with Crippen molar-refractivity contribution in [3.8, 4) is 45.5 Å². The number of fused-ring (bicyclic) bond motifs is 7. The fraction of sp³-hybridized carbons (Fsp3) is 0.135. The van der Waals surface area contributed by atoms with E-state index in [2.05, 4.69) is 164 Å². The molecule has 7 aromatic carbocycles. The molecule has 0 bridgehead atoms. The van der Waals surface area contributed by atoms with Gasteiger partial charge < -0.3 is 9.13 Å². The monoisotopic (exact) mass is 735 g/mol. The van der Waals surface area contributed by atoms with Gasteiger partial charge in [0.2, 0.25) is 0 Å². The molecule has 0 unspecified atom stereocenters. The van der Waals surface area contributed by atoms with Crippen LogP contribution >= 0.6 is 0 Å². The van der Waals surface area contributed by atoms with Crippen LogP contribution in [0.2, 0.25) is 0 Å². The molecule has 1 aliphatic carbocycles. The number of benzene rings is 7. The second-order valence-electron chi connectivity index (χ2n) is 16.9. The van der Waals surface area contributed by atoms with Gasteiger partial charge in [-0.3, -0.25) is 0 Å². The summed E-state index contributed by atoms with van der Waals surface area (Å²) in [6.45, 7) is 9.59. The van der Waals surface area contributed by atoms with E-state index in [4.69, 9.17) is 15.0 Å². The first-order valence-electron chi connectivity index (χ1n) is 19.8. The number of aromatic nitrogens is 5. The Bertz CT molecular complexity index is 3090. The summed E-state index contributed by atoms with van der Waals surface area (Å²) in [4.78, 5) is 15.5. The van der Waals surface area contributed by atoms with Crippen LogP contribution in [0.25, 0.3) is 89.2 Å². The Kier molecular flexibility index (Phi) is 7.24. The lowest BCUT2D eigenvalue weighted by molar-refractivity contribution is 0.403. The van der Waals surface area contributed by atoms with Crippen LogP contribution in [0.5, 0.6) is 0 Å². The van der Waals surface area contributed by atoms with Crippen molar-refractivity contribution in [2.24, 2.45) is 0 Å². The van der Waals surface area contributed by atoms with Gasteiger partial charge >= 0.3 is 0 Å². The molecule has 5 nitrogen and oxygen atoms in total. The average Bonchev–Trinajstić information content (AvgIpc) is 3.82. The van der Waals surface area contributed by atoms with E-state index in [1.807, 2.05) is 36.4 Å². The minimum atomic E-state index is 0.0524. The summed E-state index contributed by atoms with van der Waals surface area (Å²) in [6, 6.07) is 58.5. The molecule has 0 spiro atoms. The van der Waals surface area contributed by atoms with Gasteiger partial charge in [0.15, 0.2) is 17.5 Å². The van der Waals surface area contributed by atoms with Gasteiger partial charge in [0.25, 0.3) is 0 Å². The fourth-order valence-electron chi connectivity index (χ4n) is 9.83. The van der Waals surface area contributed by atoms with Gasteiger partial charge in [-0.1, -0.05) is 143 Å². The average molecular weight is 736 g/mol. The lowest BCUT2D eigenvalue weighted by atomic mass is 9.82. The third-order valence-electron chi connectivity index (χ3n) is 12.1. The quantitative estimate of drug-likeness (QED) is 0.177. The molecule has 0 saturated carbocycles. The summed E-state index contributed by atoms with van der Waals surface area (Å²) in [5.41, 5.74) is 12.6. The van der Waals surface area contributed by atoms with E-state index < -0.39 is 0 Å². The molecule has 0 N–H and O–H groups in total. The first kappa shape index (κ1) is 33.5. The summed E-state index contributed by atoms with van der Waals surface area (Å²) in [5, 5.41) is 4.96. The Labute approximate surface area is 331 Å². The fourth-order valence-corrected chi connectivity index (χ4v) is 9.83. The van der Waals surface area contributed by atoms with Crippen LogP contribution in [0.15, 0.2) is 164 Å². The van der Waals surface area contributed by atoms with Crippen molar-refractivity contribution in [2.45, 2.75) is 44.9 Å². The lowest BCUT2D eigenvalue weighted by Gasteiger charge is -2.22. The van der Waals surface area contributed by atoms with Crippen molar-refractivity contribution >= 4 is 43.6 Å². The Morgan fingerprint density at radius 2 is 0.754 bits per heavy atom. The summed E-state index contributed by atoms with van der Waals surface area (Å²) in [6.07, 6.45) is 1.11. The van der Waals surface area contributed by atoms with Crippen molar-refractivity contribution in [1.29, 1.82) is 0 Å². The number of hydrogen-bond donors (Lipinski definition) is 0. The van der Waals surface area contributed by atoms with Crippen molar-refractivity contribution in [3.05, 3.63) is 175 Å². The van der Waals surface area contributed by atoms with Crippen LogP contribution in [0.3, 0.4) is 0 Å². The standard InChI is InChI=1S/C52H41N5/c1-51(2)32-52(3,4)43-31-47-41(30-42(43)51)40-23-13-16-26-46(40)57(47)37-28-35(27-36(29-37)56-44-24-14-11-21-38(44)39-22-12-15-25-45(39)56)50-54-48(33-17-7-5-8-18-33)53-49(55-50)34-19-9-6-10-20-34/h5-31H,32H2,1-4H3. The van der Waals surface area contributed by atoms with Crippen molar-refractivity contribution in [2.75, 3.05) is 0 Å². The lowest BCUT2D eigenvalue weighted by Crippen LogP contribution is -2.18. The molecule has 10 aromatic rings. The zero-order valence-corrected chi connectivity index (χ0v) is 32.5. The maximum absolute atomic E-state index is 5.24. The van der Waals surface area contributed by atoms with Gasteiger partial charge in [0, 0.05) is 49.6 Å². The van der Waals surface area contributed by atoms with E-state index in [-0.39, 0.29) is 10.8 Å². The Balaban J connectivity index is 1.25. The SMILES string of the molecule is CC1(C)CC(C)(C)c2cc3c(cc21)c1ccccc1n3-c1cc(-c2nc(-c3ccccc3)nc(-c3ccccc3)n2)cc(-n2c3ccccc3c3ccccc32)c1. The number of para-hydroxylation sites is 3. The van der Waals surface area contributed by atoms with Crippen LogP contribution in [0.1, 0.15) is 45.2 Å². The van der Waals surface area contributed by atoms with Crippen LogP contribution < -0.4 is 0 Å². The van der Waals surface area contributed by atoms with E-state index in [9.17, 15) is 0 Å². The zero-order chi connectivity index (χ0) is 38.5. The molecule has 11 rings (SSSR count). The molecule has 3 aromatic heterocycles. The highest BCUT2D eigenvalue weighted by Gasteiger charge is 2.42. The predicted molar refractivity (Wildman–Crippen MR) is 235 cm³/mol. The van der Waals surface area contributed by atoms with Gasteiger partial charge in [-0.05, 0) is 76.9 Å². The second kappa shape index (κ2) is 12.3. The van der Waals surface area contributed by atoms with E-state index in [0.717, 1.165) is 45.5 Å². The van der Waals surface area contributed by atoms with Crippen LogP contribution in [0, 0.1) is 0 Å². The summed E-state index contributed by atoms with van der Waals surface area (Å²) in [7, 11) is 0. The molecule has 274 valence electrons. The molecular weight excluding hydrogens is 695 g/mol. The molecule has 57 heavy (non-hydrogen) atoms. The van der Waals surface area contributed by atoms with E-state index in [1.165, 1.54) is 43.7 Å². The second-order valence-corrected chi connectivity index (χ2v) is 16.9. The van der Waals surface area contributed by atoms with E-state index in [1.54, 1.807) is 0 Å². The molecule has 0 fully saturated rings. The highest BCUT2D eigenvalue weighted by Crippen LogP contribution is 2.51. The summed E-state index contributed by atoms with van der Waals surface area (Å²) >= 11 is 0. The number of hydrogen-bond acceptors (Lipinski definition) is 3. The minimum Gasteiger partial charge on any atom is -0.309 e. The highest BCUT2D eigenvalue weighted by atomic mass is 15.0. The van der Waals surface area contributed by atoms with Crippen LogP contribution in [-0.4, -0.2) is 24.1 Å². The first-order valence-corrected chi connectivity index (χ1v) is 19.8. The normalized spacial score (nSPS) is 14.5. The highest BCUT2D eigenvalue weighted by molar-refractivity contribution is 6.11. The molecule has 1 aliphatic rings. The Morgan fingerprint density at radius 3 is 1.25 bits per heavy atom. The van der Waals surface area contributed by atoms with Gasteiger partial charge in [0.05, 0.1) is 22.1 Å². The molecule has 3 heterocycles. The van der Waals surface area contributed by atoms with Crippen LogP contribution in [0.4, 0.5) is 0 Å². The predicted octanol–water partition coefficient (Wildman–Crippen LogP) is 13.0.